The average molecular weight is 291 g/mol. The summed E-state index contributed by atoms with van der Waals surface area (Å²) >= 11 is 5.34. The molecule has 1 aromatic rings. The summed E-state index contributed by atoms with van der Waals surface area (Å²) in [5.41, 5.74) is 1.52. The van der Waals surface area contributed by atoms with E-state index in [4.69, 9.17) is 11.6 Å². The SMILES string of the molecule is CS(=O)(=O)Nc1ccc(CCNC(=O)CCl)cc1. The van der Waals surface area contributed by atoms with Crippen molar-refractivity contribution in [2.24, 2.45) is 0 Å². The van der Waals surface area contributed by atoms with Crippen LogP contribution < -0.4 is 10.0 Å². The third kappa shape index (κ3) is 5.88. The number of amides is 1. The number of hydrogen-bond acceptors (Lipinski definition) is 3. The molecule has 0 aromatic heterocycles. The molecule has 0 unspecified atom stereocenters. The van der Waals surface area contributed by atoms with E-state index in [9.17, 15) is 13.2 Å². The van der Waals surface area contributed by atoms with Crippen molar-refractivity contribution in [2.75, 3.05) is 23.4 Å². The van der Waals surface area contributed by atoms with Gasteiger partial charge in [0.2, 0.25) is 15.9 Å². The molecule has 100 valence electrons. The Morgan fingerprint density at radius 2 is 1.89 bits per heavy atom. The van der Waals surface area contributed by atoms with Gasteiger partial charge in [-0.2, -0.15) is 0 Å². The summed E-state index contributed by atoms with van der Waals surface area (Å²) < 4.78 is 24.4. The van der Waals surface area contributed by atoms with Crippen LogP contribution in [0.3, 0.4) is 0 Å². The van der Waals surface area contributed by atoms with E-state index in [1.807, 2.05) is 0 Å². The summed E-state index contributed by atoms with van der Waals surface area (Å²) in [6.45, 7) is 0.504. The second-order valence-electron chi connectivity index (χ2n) is 3.80. The van der Waals surface area contributed by atoms with Crippen molar-refractivity contribution < 1.29 is 13.2 Å². The van der Waals surface area contributed by atoms with Crippen LogP contribution in [0.4, 0.5) is 5.69 Å². The lowest BCUT2D eigenvalue weighted by atomic mass is 10.1. The first-order chi connectivity index (χ1) is 8.40. The molecule has 0 saturated carbocycles. The van der Waals surface area contributed by atoms with Crippen LogP contribution in [0.1, 0.15) is 5.56 Å². The highest BCUT2D eigenvalue weighted by atomic mass is 35.5. The van der Waals surface area contributed by atoms with Gasteiger partial charge in [-0.25, -0.2) is 8.42 Å². The standard InChI is InChI=1S/C11H15ClN2O3S/c1-18(16,17)14-10-4-2-9(3-5-10)6-7-13-11(15)8-12/h2-5,14H,6-8H2,1H3,(H,13,15). The van der Waals surface area contributed by atoms with E-state index in [2.05, 4.69) is 10.0 Å². The van der Waals surface area contributed by atoms with Crippen molar-refractivity contribution in [2.45, 2.75) is 6.42 Å². The second-order valence-corrected chi connectivity index (χ2v) is 5.82. The number of carbonyl (C=O) groups is 1. The molecule has 0 aliphatic carbocycles. The maximum Gasteiger partial charge on any atom is 0.234 e. The number of rotatable bonds is 6. The molecule has 0 radical (unpaired) electrons. The van der Waals surface area contributed by atoms with E-state index in [1.54, 1.807) is 24.3 Å². The number of sulfonamides is 1. The van der Waals surface area contributed by atoms with Crippen LogP contribution in [0.2, 0.25) is 0 Å². The molecule has 0 aliphatic heterocycles. The lowest BCUT2D eigenvalue weighted by Crippen LogP contribution is -2.26. The monoisotopic (exact) mass is 290 g/mol. The van der Waals surface area contributed by atoms with Gasteiger partial charge < -0.3 is 5.32 Å². The fraction of sp³-hybridized carbons (Fsp3) is 0.364. The predicted molar refractivity (Wildman–Crippen MR) is 72.3 cm³/mol. The molecule has 1 rings (SSSR count). The van der Waals surface area contributed by atoms with E-state index in [0.29, 0.717) is 18.7 Å². The lowest BCUT2D eigenvalue weighted by molar-refractivity contribution is -0.118. The van der Waals surface area contributed by atoms with Gasteiger partial charge in [-0.1, -0.05) is 12.1 Å². The number of nitrogens with one attached hydrogen (secondary N) is 2. The Morgan fingerprint density at radius 3 is 2.39 bits per heavy atom. The Labute approximate surface area is 112 Å². The van der Waals surface area contributed by atoms with Crippen LogP contribution in [-0.2, 0) is 21.2 Å². The molecule has 0 aliphatic rings. The summed E-state index contributed by atoms with van der Waals surface area (Å²) in [7, 11) is -3.24. The highest BCUT2D eigenvalue weighted by Crippen LogP contribution is 2.10. The average Bonchev–Trinajstić information content (AvgIpc) is 2.29. The first kappa shape index (κ1) is 14.8. The zero-order valence-corrected chi connectivity index (χ0v) is 11.5. The minimum Gasteiger partial charge on any atom is -0.355 e. The molecule has 0 heterocycles. The molecule has 5 nitrogen and oxygen atoms in total. The van der Waals surface area contributed by atoms with Crippen LogP contribution in [0.25, 0.3) is 0 Å². The molecule has 0 spiro atoms. The van der Waals surface area contributed by atoms with Gasteiger partial charge >= 0.3 is 0 Å². The Kier molecular flexibility index (Phi) is 5.43. The fourth-order valence-corrected chi connectivity index (χ4v) is 2.01. The number of halogens is 1. The van der Waals surface area contributed by atoms with Gasteiger partial charge in [-0.15, -0.1) is 11.6 Å². The van der Waals surface area contributed by atoms with E-state index < -0.39 is 10.0 Å². The van der Waals surface area contributed by atoms with Gasteiger partial charge in [0.1, 0.15) is 5.88 Å². The van der Waals surface area contributed by atoms with Crippen molar-refractivity contribution in [3.63, 3.8) is 0 Å². The van der Waals surface area contributed by atoms with Crippen molar-refractivity contribution in [3.05, 3.63) is 29.8 Å². The molecular weight excluding hydrogens is 276 g/mol. The van der Waals surface area contributed by atoms with Gasteiger partial charge in [0, 0.05) is 12.2 Å². The van der Waals surface area contributed by atoms with E-state index in [-0.39, 0.29) is 11.8 Å². The number of anilines is 1. The third-order valence-corrected chi connectivity index (χ3v) is 2.96. The number of hydrogen-bond donors (Lipinski definition) is 2. The number of carbonyl (C=O) groups excluding carboxylic acids is 1. The van der Waals surface area contributed by atoms with E-state index >= 15 is 0 Å². The first-order valence-electron chi connectivity index (χ1n) is 5.30. The topological polar surface area (TPSA) is 75.3 Å². The summed E-state index contributed by atoms with van der Waals surface area (Å²) in [4.78, 5) is 10.9. The molecule has 2 N–H and O–H groups in total. The molecule has 7 heteroatoms. The molecule has 1 amide bonds. The first-order valence-corrected chi connectivity index (χ1v) is 7.73. The zero-order chi connectivity index (χ0) is 13.6. The molecular formula is C11H15ClN2O3S. The van der Waals surface area contributed by atoms with Gasteiger partial charge in [0.25, 0.3) is 0 Å². The van der Waals surface area contributed by atoms with Crippen LogP contribution in [-0.4, -0.2) is 33.0 Å². The third-order valence-electron chi connectivity index (χ3n) is 2.11. The zero-order valence-electron chi connectivity index (χ0n) is 9.94. The molecule has 1 aromatic carbocycles. The normalized spacial score (nSPS) is 11.0. The summed E-state index contributed by atoms with van der Waals surface area (Å²) in [6.07, 6.45) is 1.77. The van der Waals surface area contributed by atoms with Crippen LogP contribution >= 0.6 is 11.6 Å². The lowest BCUT2D eigenvalue weighted by Gasteiger charge is -2.06. The van der Waals surface area contributed by atoms with Gasteiger partial charge in [-0.05, 0) is 24.1 Å². The Hall–Kier alpha value is -1.27. The molecule has 18 heavy (non-hydrogen) atoms. The number of benzene rings is 1. The largest absolute Gasteiger partial charge is 0.355 e. The highest BCUT2D eigenvalue weighted by molar-refractivity contribution is 7.92. The quantitative estimate of drug-likeness (QED) is 0.766. The van der Waals surface area contributed by atoms with E-state index in [0.717, 1.165) is 11.8 Å². The van der Waals surface area contributed by atoms with Gasteiger partial charge in [0.05, 0.1) is 6.26 Å². The van der Waals surface area contributed by atoms with E-state index in [1.165, 1.54) is 0 Å². The number of alkyl halides is 1. The maximum atomic E-state index is 11.0. The minimum absolute atomic E-state index is 0.0444. The molecule has 0 saturated heterocycles. The smallest absolute Gasteiger partial charge is 0.234 e. The summed E-state index contributed by atoms with van der Waals surface area (Å²) in [5.74, 6) is -0.246. The second kappa shape index (κ2) is 6.61. The van der Waals surface area contributed by atoms with Gasteiger partial charge in [-0.3, -0.25) is 9.52 Å². The minimum atomic E-state index is -3.24. The predicted octanol–water partition coefficient (Wildman–Crippen LogP) is 0.956. The molecule has 0 fully saturated rings. The van der Waals surface area contributed by atoms with Crippen LogP contribution in [0.15, 0.2) is 24.3 Å². The van der Waals surface area contributed by atoms with Crippen molar-refractivity contribution >= 4 is 33.2 Å². The van der Waals surface area contributed by atoms with Crippen molar-refractivity contribution in [1.82, 2.24) is 5.32 Å². The molecule has 0 atom stereocenters. The Balaban J connectivity index is 2.48. The maximum absolute atomic E-state index is 11.0. The van der Waals surface area contributed by atoms with Crippen LogP contribution in [0, 0.1) is 0 Å². The van der Waals surface area contributed by atoms with Crippen molar-refractivity contribution in [1.29, 1.82) is 0 Å². The summed E-state index contributed by atoms with van der Waals surface area (Å²) in [5, 5.41) is 2.65. The fourth-order valence-electron chi connectivity index (χ4n) is 1.35. The highest BCUT2D eigenvalue weighted by Gasteiger charge is 2.02. The summed E-state index contributed by atoms with van der Waals surface area (Å²) in [6, 6.07) is 6.97. The van der Waals surface area contributed by atoms with Crippen LogP contribution in [0.5, 0.6) is 0 Å². The van der Waals surface area contributed by atoms with Gasteiger partial charge in [0.15, 0.2) is 0 Å². The Morgan fingerprint density at radius 1 is 1.28 bits per heavy atom. The Bertz CT molecular complexity index is 500. The van der Waals surface area contributed by atoms with Crippen molar-refractivity contribution in [3.8, 4) is 0 Å². The molecule has 0 bridgehead atoms.